The van der Waals surface area contributed by atoms with Gasteiger partial charge in [-0.15, -0.1) is 0 Å². The SMILES string of the molecule is CCC1CC(C(O)(C(CCO)C2CCC(CN)CC2)C2(O)CCC(CC3CCC(N)CC3)CC2)CCC1CN. The molecule has 4 rings (SSSR count). The maximum Gasteiger partial charge on any atom is 0.0992 e. The minimum Gasteiger partial charge on any atom is -0.396 e. The molecule has 0 radical (unpaired) electrons. The summed E-state index contributed by atoms with van der Waals surface area (Å²) in [5, 5.41) is 36.1. The van der Waals surface area contributed by atoms with Gasteiger partial charge in [-0.05, 0) is 170 Å². The number of aliphatic hydroxyl groups excluding tert-OH is 1. The van der Waals surface area contributed by atoms with Gasteiger partial charge in [0.2, 0.25) is 0 Å². The Balaban J connectivity index is 1.56. The molecule has 0 aliphatic heterocycles. The highest BCUT2D eigenvalue weighted by Gasteiger charge is 2.60. The zero-order valence-electron chi connectivity index (χ0n) is 25.1. The van der Waals surface area contributed by atoms with Crippen LogP contribution in [0.1, 0.15) is 122 Å². The van der Waals surface area contributed by atoms with Crippen LogP contribution in [-0.4, -0.2) is 52.3 Å². The van der Waals surface area contributed by atoms with Crippen molar-refractivity contribution in [2.24, 2.45) is 64.5 Å². The average Bonchev–Trinajstić information content (AvgIpc) is 2.97. The summed E-state index contributed by atoms with van der Waals surface area (Å²) < 4.78 is 0. The lowest BCUT2D eigenvalue weighted by molar-refractivity contribution is -0.247. The summed E-state index contributed by atoms with van der Waals surface area (Å²) >= 11 is 0. The van der Waals surface area contributed by atoms with Gasteiger partial charge in [-0.25, -0.2) is 0 Å². The van der Waals surface area contributed by atoms with E-state index >= 15 is 0 Å². The van der Waals surface area contributed by atoms with E-state index in [-0.39, 0.29) is 18.4 Å². The number of aliphatic hydroxyl groups is 3. The Labute approximate surface area is 239 Å². The molecule has 228 valence electrons. The predicted molar refractivity (Wildman–Crippen MR) is 160 cm³/mol. The summed E-state index contributed by atoms with van der Waals surface area (Å²) in [6.07, 6.45) is 18.3. The first-order valence-corrected chi connectivity index (χ1v) is 17.0. The molecule has 4 aliphatic rings. The summed E-state index contributed by atoms with van der Waals surface area (Å²) in [6, 6.07) is 0.386. The van der Waals surface area contributed by atoms with Crippen molar-refractivity contribution in [2.45, 2.75) is 140 Å². The van der Waals surface area contributed by atoms with E-state index in [4.69, 9.17) is 17.2 Å². The third-order valence-electron chi connectivity index (χ3n) is 12.6. The van der Waals surface area contributed by atoms with Crippen molar-refractivity contribution in [2.75, 3.05) is 19.7 Å². The second kappa shape index (κ2) is 14.3. The molecule has 0 aromatic carbocycles. The molecular weight excluding hydrogens is 486 g/mol. The summed E-state index contributed by atoms with van der Waals surface area (Å²) in [5.74, 6) is 3.33. The summed E-state index contributed by atoms with van der Waals surface area (Å²) in [5.41, 5.74) is 16.1. The van der Waals surface area contributed by atoms with Gasteiger partial charge in [0.25, 0.3) is 0 Å². The number of hydrogen-bond donors (Lipinski definition) is 6. The van der Waals surface area contributed by atoms with Crippen molar-refractivity contribution in [3.05, 3.63) is 0 Å². The second-order valence-electron chi connectivity index (χ2n) is 14.6. The molecule has 6 nitrogen and oxygen atoms in total. The zero-order chi connectivity index (χ0) is 28.0. The molecule has 6 heteroatoms. The highest BCUT2D eigenvalue weighted by atomic mass is 16.4. The van der Waals surface area contributed by atoms with Gasteiger partial charge in [-0.3, -0.25) is 0 Å². The lowest BCUT2D eigenvalue weighted by Gasteiger charge is -2.58. The lowest BCUT2D eigenvalue weighted by Crippen LogP contribution is -2.66. The highest BCUT2D eigenvalue weighted by Crippen LogP contribution is 2.56. The Morgan fingerprint density at radius 1 is 0.795 bits per heavy atom. The fraction of sp³-hybridized carbons (Fsp3) is 1.00. The first-order chi connectivity index (χ1) is 18.8. The van der Waals surface area contributed by atoms with E-state index in [2.05, 4.69) is 6.92 Å². The van der Waals surface area contributed by atoms with E-state index < -0.39 is 11.2 Å². The number of nitrogens with two attached hydrogens (primary N) is 3. The Kier molecular flexibility index (Phi) is 11.6. The van der Waals surface area contributed by atoms with E-state index in [1.807, 2.05) is 0 Å². The molecule has 0 bridgehead atoms. The highest BCUT2D eigenvalue weighted by molar-refractivity contribution is 5.11. The van der Waals surface area contributed by atoms with Crippen LogP contribution in [0.2, 0.25) is 0 Å². The van der Waals surface area contributed by atoms with E-state index in [0.717, 1.165) is 89.5 Å². The van der Waals surface area contributed by atoms with Crippen LogP contribution in [0.5, 0.6) is 0 Å². The van der Waals surface area contributed by atoms with Crippen molar-refractivity contribution in [1.29, 1.82) is 0 Å². The molecule has 4 saturated carbocycles. The summed E-state index contributed by atoms with van der Waals surface area (Å²) in [7, 11) is 0. The van der Waals surface area contributed by atoms with E-state index in [9.17, 15) is 15.3 Å². The third-order valence-corrected chi connectivity index (χ3v) is 12.6. The molecule has 5 unspecified atom stereocenters. The Morgan fingerprint density at radius 2 is 1.41 bits per heavy atom. The summed E-state index contributed by atoms with van der Waals surface area (Å²) in [6.45, 7) is 3.78. The van der Waals surface area contributed by atoms with E-state index in [1.54, 1.807) is 0 Å². The Bertz CT molecular complexity index is 713. The van der Waals surface area contributed by atoms with Crippen molar-refractivity contribution in [3.63, 3.8) is 0 Å². The van der Waals surface area contributed by atoms with Crippen LogP contribution in [0.4, 0.5) is 0 Å². The van der Waals surface area contributed by atoms with Crippen molar-refractivity contribution < 1.29 is 15.3 Å². The van der Waals surface area contributed by atoms with Crippen LogP contribution in [0, 0.1) is 47.3 Å². The third kappa shape index (κ3) is 7.05. The molecule has 4 fully saturated rings. The smallest absolute Gasteiger partial charge is 0.0992 e. The molecule has 0 aromatic heterocycles. The second-order valence-corrected chi connectivity index (χ2v) is 14.6. The standard InChI is InChI=1S/C33H63N3O3/c1-2-26-20-29(10-9-28(26)22-35)33(39,31(15-18-37)27-7-3-25(21-34)4-8-27)32(38)16-13-24(14-17-32)19-23-5-11-30(36)12-6-23/h23-31,37-39H,2-22,34-36H2,1H3. The van der Waals surface area contributed by atoms with Crippen LogP contribution in [0.3, 0.4) is 0 Å². The minimum atomic E-state index is -1.16. The maximum atomic E-state index is 13.2. The molecule has 0 spiro atoms. The van der Waals surface area contributed by atoms with Crippen LogP contribution in [0.15, 0.2) is 0 Å². The maximum absolute atomic E-state index is 13.2. The molecule has 0 aromatic rings. The molecule has 5 atom stereocenters. The largest absolute Gasteiger partial charge is 0.396 e. The molecule has 0 saturated heterocycles. The van der Waals surface area contributed by atoms with Gasteiger partial charge in [0.1, 0.15) is 0 Å². The van der Waals surface area contributed by atoms with Crippen LogP contribution in [-0.2, 0) is 0 Å². The minimum absolute atomic E-state index is 0.0652. The normalized spacial score (nSPS) is 42.5. The first kappa shape index (κ1) is 31.7. The van der Waals surface area contributed by atoms with Gasteiger partial charge in [0, 0.05) is 12.6 Å². The van der Waals surface area contributed by atoms with Gasteiger partial charge in [0.05, 0.1) is 11.2 Å². The van der Waals surface area contributed by atoms with E-state index in [1.165, 1.54) is 19.3 Å². The molecule has 39 heavy (non-hydrogen) atoms. The molecular formula is C33H63N3O3. The lowest BCUT2D eigenvalue weighted by atomic mass is 9.52. The number of rotatable bonds is 11. The quantitative estimate of drug-likeness (QED) is 0.221. The molecule has 0 amide bonds. The van der Waals surface area contributed by atoms with Crippen molar-refractivity contribution in [3.8, 4) is 0 Å². The van der Waals surface area contributed by atoms with Gasteiger partial charge < -0.3 is 32.5 Å². The van der Waals surface area contributed by atoms with Crippen LogP contribution in [0.25, 0.3) is 0 Å². The van der Waals surface area contributed by atoms with Crippen molar-refractivity contribution >= 4 is 0 Å². The fourth-order valence-corrected chi connectivity index (χ4v) is 10.0. The van der Waals surface area contributed by atoms with Crippen molar-refractivity contribution in [1.82, 2.24) is 0 Å². The first-order valence-electron chi connectivity index (χ1n) is 17.0. The monoisotopic (exact) mass is 549 g/mol. The average molecular weight is 550 g/mol. The topological polar surface area (TPSA) is 139 Å². The Morgan fingerprint density at radius 3 is 1.97 bits per heavy atom. The molecule has 0 heterocycles. The van der Waals surface area contributed by atoms with Crippen LogP contribution >= 0.6 is 0 Å². The molecule has 9 N–H and O–H groups in total. The van der Waals surface area contributed by atoms with Gasteiger partial charge in [-0.2, -0.15) is 0 Å². The number of hydrogen-bond acceptors (Lipinski definition) is 6. The Hall–Kier alpha value is -0.240. The van der Waals surface area contributed by atoms with E-state index in [0.29, 0.717) is 61.4 Å². The predicted octanol–water partition coefficient (Wildman–Crippen LogP) is 4.71. The van der Waals surface area contributed by atoms with Gasteiger partial charge >= 0.3 is 0 Å². The van der Waals surface area contributed by atoms with Gasteiger partial charge in [-0.1, -0.05) is 13.3 Å². The zero-order valence-corrected chi connectivity index (χ0v) is 25.1. The van der Waals surface area contributed by atoms with Gasteiger partial charge in [0.15, 0.2) is 0 Å². The van der Waals surface area contributed by atoms with Crippen LogP contribution < -0.4 is 17.2 Å². The fourth-order valence-electron chi connectivity index (χ4n) is 10.0. The molecule has 4 aliphatic carbocycles. The summed E-state index contributed by atoms with van der Waals surface area (Å²) in [4.78, 5) is 0.